The minimum Gasteiger partial charge on any atom is -0.313 e. The first-order valence-corrected chi connectivity index (χ1v) is 4.88. The summed E-state index contributed by atoms with van der Waals surface area (Å²) in [6, 6.07) is 2.16. The maximum absolute atomic E-state index is 8.67. The summed E-state index contributed by atoms with van der Waals surface area (Å²) in [6.45, 7) is 8.10. The number of nitrogens with zero attached hydrogens (tertiary/aromatic N) is 1. The molecule has 0 aromatic carbocycles. The van der Waals surface area contributed by atoms with Crippen molar-refractivity contribution < 1.29 is 0 Å². The van der Waals surface area contributed by atoms with E-state index in [1.807, 2.05) is 13.8 Å². The molecule has 0 atom stereocenters. The van der Waals surface area contributed by atoms with Gasteiger partial charge in [-0.3, -0.25) is 0 Å². The van der Waals surface area contributed by atoms with Gasteiger partial charge in [-0.15, -0.1) is 0 Å². The molecule has 0 aliphatic carbocycles. The summed E-state index contributed by atoms with van der Waals surface area (Å²) in [4.78, 5) is 0. The fourth-order valence-corrected chi connectivity index (χ4v) is 1.13. The molecule has 0 rings (SSSR count). The fraction of sp³-hybridized carbons (Fsp3) is 0.900. The van der Waals surface area contributed by atoms with Crippen molar-refractivity contribution in [1.82, 2.24) is 0 Å². The molecule has 2 N–H and O–H groups in total. The average Bonchev–Trinajstić information content (AvgIpc) is 2.09. The van der Waals surface area contributed by atoms with Gasteiger partial charge in [0.2, 0.25) is 0 Å². The van der Waals surface area contributed by atoms with Crippen molar-refractivity contribution >= 4 is 0 Å². The lowest BCUT2D eigenvalue weighted by molar-refractivity contribution is 0.451. The summed E-state index contributed by atoms with van der Waals surface area (Å²) in [5.41, 5.74) is 5.21. The van der Waals surface area contributed by atoms with Gasteiger partial charge in [0.25, 0.3) is 0 Å². The van der Waals surface area contributed by atoms with Gasteiger partial charge in [-0.25, -0.2) is 0 Å². The maximum Gasteiger partial charge on any atom is 0.104 e. The summed E-state index contributed by atoms with van der Waals surface area (Å²) >= 11 is 0. The number of nitriles is 1. The van der Waals surface area contributed by atoms with Gasteiger partial charge in [0.1, 0.15) is 5.54 Å². The molecule has 0 spiro atoms. The van der Waals surface area contributed by atoms with Crippen LogP contribution in [0, 0.1) is 11.3 Å². The molecule has 0 bridgehead atoms. The van der Waals surface area contributed by atoms with E-state index in [2.05, 4.69) is 19.9 Å². The molecule has 0 amide bonds. The first kappa shape index (κ1) is 14.0. The third kappa shape index (κ3) is 6.18. The molecule has 0 unspecified atom stereocenters. The van der Waals surface area contributed by atoms with Crippen LogP contribution in [-0.2, 0) is 0 Å². The number of rotatable bonds is 4. The molecule has 0 heterocycles. The highest BCUT2D eigenvalue weighted by Gasteiger charge is 2.21. The van der Waals surface area contributed by atoms with Crippen molar-refractivity contribution in [1.29, 1.82) is 5.26 Å². The first-order chi connectivity index (χ1) is 5.68. The molecule has 0 aliphatic rings. The lowest BCUT2D eigenvalue weighted by atomic mass is 9.92. The Balaban J connectivity index is 0. The van der Waals surface area contributed by atoms with Crippen LogP contribution in [0.3, 0.4) is 0 Å². The number of hydrogen-bond acceptors (Lipinski definition) is 2. The monoisotopic (exact) mass is 170 g/mol. The Morgan fingerprint density at radius 3 is 1.67 bits per heavy atom. The third-order valence-corrected chi connectivity index (χ3v) is 1.61. The second-order valence-corrected chi connectivity index (χ2v) is 2.77. The Kier molecular flexibility index (Phi) is 9.97. The minimum atomic E-state index is -0.552. The Morgan fingerprint density at radius 1 is 1.17 bits per heavy atom. The van der Waals surface area contributed by atoms with Crippen molar-refractivity contribution in [3.8, 4) is 6.07 Å². The first-order valence-electron chi connectivity index (χ1n) is 4.88. The zero-order chi connectivity index (χ0) is 10.0. The van der Waals surface area contributed by atoms with E-state index < -0.39 is 5.54 Å². The fourth-order valence-electron chi connectivity index (χ4n) is 1.13. The van der Waals surface area contributed by atoms with Crippen molar-refractivity contribution in [2.45, 2.75) is 58.9 Å². The van der Waals surface area contributed by atoms with Gasteiger partial charge in [-0.2, -0.15) is 5.26 Å². The van der Waals surface area contributed by atoms with E-state index in [0.29, 0.717) is 0 Å². The summed E-state index contributed by atoms with van der Waals surface area (Å²) in [6.07, 6.45) is 3.61. The lowest BCUT2D eigenvalue weighted by Crippen LogP contribution is -2.37. The Labute approximate surface area is 76.8 Å². The molecule has 0 fully saturated rings. The van der Waals surface area contributed by atoms with E-state index in [4.69, 9.17) is 11.0 Å². The van der Waals surface area contributed by atoms with Crippen LogP contribution in [-0.4, -0.2) is 5.54 Å². The largest absolute Gasteiger partial charge is 0.313 e. The molecular formula is C10H22N2. The van der Waals surface area contributed by atoms with E-state index in [9.17, 15) is 0 Å². The van der Waals surface area contributed by atoms with Crippen LogP contribution in [0.1, 0.15) is 53.4 Å². The van der Waals surface area contributed by atoms with E-state index in [1.54, 1.807) is 0 Å². The molecule has 0 saturated heterocycles. The van der Waals surface area contributed by atoms with E-state index >= 15 is 0 Å². The van der Waals surface area contributed by atoms with E-state index in [-0.39, 0.29) is 0 Å². The summed E-state index contributed by atoms with van der Waals surface area (Å²) in [7, 11) is 0. The van der Waals surface area contributed by atoms with Gasteiger partial charge < -0.3 is 5.73 Å². The molecule has 2 heteroatoms. The highest BCUT2D eigenvalue weighted by Crippen LogP contribution is 2.14. The highest BCUT2D eigenvalue weighted by molar-refractivity contribution is 5.03. The topological polar surface area (TPSA) is 49.8 Å². The average molecular weight is 170 g/mol. The van der Waals surface area contributed by atoms with Crippen LogP contribution in [0.15, 0.2) is 0 Å². The Hall–Kier alpha value is -0.550. The van der Waals surface area contributed by atoms with Crippen LogP contribution < -0.4 is 5.73 Å². The predicted octanol–water partition coefficient (Wildman–Crippen LogP) is 2.83. The van der Waals surface area contributed by atoms with Crippen molar-refractivity contribution in [3.05, 3.63) is 0 Å². The molecule has 0 saturated carbocycles. The summed E-state index contributed by atoms with van der Waals surface area (Å²) in [5.74, 6) is 0. The lowest BCUT2D eigenvalue weighted by Gasteiger charge is -2.18. The SMILES string of the molecule is CC.CCCC(N)(C#N)CCC. The zero-order valence-electron chi connectivity index (χ0n) is 8.85. The normalized spacial score (nSPS) is 9.67. The molecular weight excluding hydrogens is 148 g/mol. The molecule has 0 radical (unpaired) electrons. The second kappa shape index (κ2) is 8.55. The van der Waals surface area contributed by atoms with E-state index in [0.717, 1.165) is 25.7 Å². The molecule has 0 aliphatic heterocycles. The molecule has 72 valence electrons. The third-order valence-electron chi connectivity index (χ3n) is 1.61. The maximum atomic E-state index is 8.67. The predicted molar refractivity (Wildman–Crippen MR) is 53.7 cm³/mol. The van der Waals surface area contributed by atoms with Crippen LogP contribution in [0.5, 0.6) is 0 Å². The molecule has 12 heavy (non-hydrogen) atoms. The van der Waals surface area contributed by atoms with Gasteiger partial charge in [-0.05, 0) is 12.8 Å². The Bertz CT molecular complexity index is 118. The smallest absolute Gasteiger partial charge is 0.104 e. The summed E-state index contributed by atoms with van der Waals surface area (Å²) < 4.78 is 0. The van der Waals surface area contributed by atoms with Gasteiger partial charge in [0, 0.05) is 0 Å². The van der Waals surface area contributed by atoms with E-state index in [1.165, 1.54) is 0 Å². The van der Waals surface area contributed by atoms with Crippen LogP contribution in [0.4, 0.5) is 0 Å². The molecule has 2 nitrogen and oxygen atoms in total. The molecule has 0 aromatic rings. The van der Waals surface area contributed by atoms with Gasteiger partial charge in [-0.1, -0.05) is 40.5 Å². The minimum absolute atomic E-state index is 0.552. The quantitative estimate of drug-likeness (QED) is 0.705. The highest BCUT2D eigenvalue weighted by atomic mass is 14.7. The Morgan fingerprint density at radius 2 is 1.50 bits per heavy atom. The number of hydrogen-bond donors (Lipinski definition) is 1. The molecule has 0 aromatic heterocycles. The summed E-state index contributed by atoms with van der Waals surface area (Å²) in [5, 5.41) is 8.67. The van der Waals surface area contributed by atoms with Crippen LogP contribution in [0.25, 0.3) is 0 Å². The van der Waals surface area contributed by atoms with Crippen LogP contribution in [0.2, 0.25) is 0 Å². The zero-order valence-corrected chi connectivity index (χ0v) is 8.85. The van der Waals surface area contributed by atoms with Gasteiger partial charge in [0.15, 0.2) is 0 Å². The second-order valence-electron chi connectivity index (χ2n) is 2.77. The van der Waals surface area contributed by atoms with Crippen LogP contribution >= 0.6 is 0 Å². The standard InChI is InChI=1S/C8H16N2.C2H6/c1-3-5-8(10,7-9)6-4-2;1-2/h3-6,10H2,1-2H3;1-2H3. The van der Waals surface area contributed by atoms with Gasteiger partial charge in [0.05, 0.1) is 6.07 Å². The van der Waals surface area contributed by atoms with Crippen molar-refractivity contribution in [2.24, 2.45) is 5.73 Å². The van der Waals surface area contributed by atoms with Gasteiger partial charge >= 0.3 is 0 Å². The van der Waals surface area contributed by atoms with Crippen molar-refractivity contribution in [3.63, 3.8) is 0 Å². The van der Waals surface area contributed by atoms with Crippen molar-refractivity contribution in [2.75, 3.05) is 0 Å². The number of nitrogens with two attached hydrogens (primary N) is 1.